The zero-order chi connectivity index (χ0) is 9.97. The topological polar surface area (TPSA) is 7.12 Å². The van der Waals surface area contributed by atoms with Crippen LogP contribution in [0.1, 0.15) is 11.5 Å². The molecule has 2 heteroatoms. The summed E-state index contributed by atoms with van der Waals surface area (Å²) in [5.41, 5.74) is 1.34. The number of pyridine rings is 1. The molecule has 0 saturated carbocycles. The van der Waals surface area contributed by atoms with Gasteiger partial charge in [-0.05, 0) is 5.56 Å². The zero-order valence-electron chi connectivity index (χ0n) is 8.59. The van der Waals surface area contributed by atoms with Gasteiger partial charge in [0.15, 0.2) is 12.4 Å². The summed E-state index contributed by atoms with van der Waals surface area (Å²) in [6.45, 7) is 0. The monoisotopic (exact) mass is 187 g/mol. The van der Waals surface area contributed by atoms with Crippen LogP contribution in [0.15, 0.2) is 49.1 Å². The van der Waals surface area contributed by atoms with E-state index in [4.69, 9.17) is 0 Å². The number of allylic oxidation sites excluding steroid dienone is 2. The molecule has 1 aliphatic rings. The summed E-state index contributed by atoms with van der Waals surface area (Å²) in [4.78, 5) is 2.06. The maximum atomic E-state index is 2.20. The molecule has 0 spiro atoms. The van der Waals surface area contributed by atoms with Crippen molar-refractivity contribution in [2.75, 3.05) is 7.05 Å². The molecule has 2 heterocycles. The van der Waals surface area contributed by atoms with Gasteiger partial charge >= 0.3 is 0 Å². The molecule has 1 aromatic rings. The Morgan fingerprint density at radius 3 is 2.29 bits per heavy atom. The first-order chi connectivity index (χ1) is 6.75. The second-order valence-electron chi connectivity index (χ2n) is 3.67. The van der Waals surface area contributed by atoms with E-state index in [-0.39, 0.29) is 0 Å². The van der Waals surface area contributed by atoms with Crippen LogP contribution in [0, 0.1) is 0 Å². The van der Waals surface area contributed by atoms with Crippen LogP contribution in [0.3, 0.4) is 0 Å². The first-order valence-corrected chi connectivity index (χ1v) is 4.79. The average molecular weight is 187 g/mol. The van der Waals surface area contributed by atoms with Crippen LogP contribution in [0.2, 0.25) is 0 Å². The zero-order valence-corrected chi connectivity index (χ0v) is 8.59. The second-order valence-corrected chi connectivity index (χ2v) is 3.67. The minimum absolute atomic E-state index is 0.424. The molecule has 0 aliphatic carbocycles. The first kappa shape index (κ1) is 9.00. The number of hydrogen-bond acceptors (Lipinski definition) is 1. The Labute approximate surface area is 84.8 Å². The van der Waals surface area contributed by atoms with Crippen LogP contribution in [0.25, 0.3) is 0 Å². The number of nitrogens with zero attached hydrogens (tertiary/aromatic N) is 2. The third-order valence-electron chi connectivity index (χ3n) is 2.45. The van der Waals surface area contributed by atoms with Gasteiger partial charge < -0.3 is 4.90 Å². The number of hydrogen-bond donors (Lipinski definition) is 0. The van der Waals surface area contributed by atoms with Crippen LogP contribution >= 0.6 is 0 Å². The fraction of sp³-hybridized carbons (Fsp3) is 0.250. The molecule has 1 aromatic heterocycles. The lowest BCUT2D eigenvalue weighted by Crippen LogP contribution is -2.26. The average Bonchev–Trinajstić information content (AvgIpc) is 2.21. The van der Waals surface area contributed by atoms with E-state index in [1.54, 1.807) is 0 Å². The predicted molar refractivity (Wildman–Crippen MR) is 56.4 cm³/mol. The standard InChI is InChI=1S/C12H15N2/c1-13-7-3-11(4-8-13)12-5-9-14(2)10-6-12/h3-11H,1-2H3/q+1. The molecule has 0 aromatic carbocycles. The van der Waals surface area contributed by atoms with Gasteiger partial charge in [-0.1, -0.05) is 12.2 Å². The molecule has 0 bridgehead atoms. The van der Waals surface area contributed by atoms with E-state index in [0.717, 1.165) is 0 Å². The summed E-state index contributed by atoms with van der Waals surface area (Å²) < 4.78 is 2.05. The maximum Gasteiger partial charge on any atom is 0.168 e. The summed E-state index contributed by atoms with van der Waals surface area (Å²) in [5, 5.41) is 0. The number of rotatable bonds is 1. The van der Waals surface area contributed by atoms with E-state index < -0.39 is 0 Å². The van der Waals surface area contributed by atoms with Crippen molar-refractivity contribution in [1.82, 2.24) is 4.90 Å². The molecular formula is C12H15N2+. The van der Waals surface area contributed by atoms with Crippen molar-refractivity contribution in [2.45, 2.75) is 5.92 Å². The lowest BCUT2D eigenvalue weighted by molar-refractivity contribution is -0.671. The molecule has 0 saturated heterocycles. The molecule has 0 radical (unpaired) electrons. The van der Waals surface area contributed by atoms with E-state index in [9.17, 15) is 0 Å². The molecular weight excluding hydrogens is 172 g/mol. The fourth-order valence-electron chi connectivity index (χ4n) is 1.53. The third-order valence-corrected chi connectivity index (χ3v) is 2.45. The second kappa shape index (κ2) is 3.66. The fourth-order valence-corrected chi connectivity index (χ4v) is 1.53. The van der Waals surface area contributed by atoms with Crippen molar-refractivity contribution < 1.29 is 4.57 Å². The Bertz CT molecular complexity index is 348. The van der Waals surface area contributed by atoms with Crippen molar-refractivity contribution in [3.05, 3.63) is 54.6 Å². The SMILES string of the molecule is CN1C=CC(c2cc[n+](C)cc2)C=C1. The van der Waals surface area contributed by atoms with E-state index in [2.05, 4.69) is 54.0 Å². The van der Waals surface area contributed by atoms with E-state index in [0.29, 0.717) is 5.92 Å². The van der Waals surface area contributed by atoms with Crippen molar-refractivity contribution in [1.29, 1.82) is 0 Å². The molecule has 0 amide bonds. The third kappa shape index (κ3) is 1.84. The van der Waals surface area contributed by atoms with E-state index in [1.165, 1.54) is 5.56 Å². The van der Waals surface area contributed by atoms with Gasteiger partial charge in [0.25, 0.3) is 0 Å². The summed E-state index contributed by atoms with van der Waals surface area (Å²) in [5.74, 6) is 0.424. The Hall–Kier alpha value is -1.57. The normalized spacial score (nSPS) is 16.3. The van der Waals surface area contributed by atoms with Crippen molar-refractivity contribution in [2.24, 2.45) is 7.05 Å². The first-order valence-electron chi connectivity index (χ1n) is 4.79. The molecule has 0 atom stereocenters. The largest absolute Gasteiger partial charge is 0.358 e. The quantitative estimate of drug-likeness (QED) is 0.605. The van der Waals surface area contributed by atoms with Gasteiger partial charge in [-0.2, -0.15) is 0 Å². The highest BCUT2D eigenvalue weighted by Gasteiger charge is 2.08. The van der Waals surface area contributed by atoms with Crippen molar-refractivity contribution >= 4 is 0 Å². The molecule has 2 rings (SSSR count). The lowest BCUT2D eigenvalue weighted by atomic mass is 9.99. The van der Waals surface area contributed by atoms with Crippen LogP contribution in [-0.4, -0.2) is 11.9 Å². The van der Waals surface area contributed by atoms with Crippen molar-refractivity contribution in [3.63, 3.8) is 0 Å². The van der Waals surface area contributed by atoms with Gasteiger partial charge in [0, 0.05) is 37.5 Å². The number of aromatic nitrogens is 1. The molecule has 72 valence electrons. The van der Waals surface area contributed by atoms with E-state index >= 15 is 0 Å². The lowest BCUT2D eigenvalue weighted by Gasteiger charge is -2.16. The van der Waals surface area contributed by atoms with Crippen molar-refractivity contribution in [3.8, 4) is 0 Å². The highest BCUT2D eigenvalue weighted by molar-refractivity contribution is 5.27. The Morgan fingerprint density at radius 1 is 1.14 bits per heavy atom. The van der Waals surface area contributed by atoms with Crippen LogP contribution in [0.4, 0.5) is 0 Å². The maximum absolute atomic E-state index is 2.20. The van der Waals surface area contributed by atoms with Gasteiger partial charge in [-0.15, -0.1) is 0 Å². The Kier molecular flexibility index (Phi) is 2.35. The van der Waals surface area contributed by atoms with Crippen LogP contribution < -0.4 is 4.57 Å². The molecule has 14 heavy (non-hydrogen) atoms. The molecule has 0 fully saturated rings. The van der Waals surface area contributed by atoms with Gasteiger partial charge in [-0.3, -0.25) is 0 Å². The van der Waals surface area contributed by atoms with Gasteiger partial charge in [0.1, 0.15) is 7.05 Å². The molecule has 0 N–H and O–H groups in total. The van der Waals surface area contributed by atoms with Crippen LogP contribution in [0.5, 0.6) is 0 Å². The van der Waals surface area contributed by atoms with E-state index in [1.807, 2.05) is 18.7 Å². The Balaban J connectivity index is 2.20. The predicted octanol–water partition coefficient (Wildman–Crippen LogP) is 1.57. The minimum Gasteiger partial charge on any atom is -0.358 e. The van der Waals surface area contributed by atoms with Gasteiger partial charge in [0.05, 0.1) is 0 Å². The van der Waals surface area contributed by atoms with Gasteiger partial charge in [0.2, 0.25) is 0 Å². The van der Waals surface area contributed by atoms with Crippen LogP contribution in [-0.2, 0) is 7.05 Å². The number of aryl methyl sites for hydroxylation is 1. The minimum atomic E-state index is 0.424. The molecule has 2 nitrogen and oxygen atoms in total. The molecule has 0 unspecified atom stereocenters. The smallest absolute Gasteiger partial charge is 0.168 e. The highest BCUT2D eigenvalue weighted by atomic mass is 15.0. The summed E-state index contributed by atoms with van der Waals surface area (Å²) in [7, 11) is 4.07. The highest BCUT2D eigenvalue weighted by Crippen LogP contribution is 2.20. The molecule has 1 aliphatic heterocycles. The summed E-state index contributed by atoms with van der Waals surface area (Å²) >= 11 is 0. The van der Waals surface area contributed by atoms with Gasteiger partial charge in [-0.25, -0.2) is 4.57 Å². The summed E-state index contributed by atoms with van der Waals surface area (Å²) in [6, 6.07) is 4.31. The summed E-state index contributed by atoms with van der Waals surface area (Å²) in [6.07, 6.45) is 12.8. The Morgan fingerprint density at radius 2 is 1.71 bits per heavy atom.